The summed E-state index contributed by atoms with van der Waals surface area (Å²) in [4.78, 5) is 12.6. The van der Waals surface area contributed by atoms with Gasteiger partial charge < -0.3 is 14.5 Å². The van der Waals surface area contributed by atoms with Crippen LogP contribution in [0.1, 0.15) is 50.1 Å². The number of aromatic nitrogens is 3. The molecule has 3 aromatic heterocycles. The smallest absolute Gasteiger partial charge is 0.214 e. The number of rotatable bonds is 8. The highest BCUT2D eigenvalue weighted by molar-refractivity contribution is 7.89. The summed E-state index contributed by atoms with van der Waals surface area (Å²) >= 11 is 0. The fourth-order valence-corrected chi connectivity index (χ4v) is 8.29. The highest BCUT2D eigenvalue weighted by Gasteiger charge is 2.33. The van der Waals surface area contributed by atoms with E-state index < -0.39 is 10.0 Å². The number of methoxy groups -OCH3 is 1. The molecule has 1 unspecified atom stereocenters. The Hall–Kier alpha value is -3.17. The molecule has 1 aromatic carbocycles. The van der Waals surface area contributed by atoms with Crippen LogP contribution in [0.4, 0.5) is 0 Å². The van der Waals surface area contributed by atoms with Crippen LogP contribution in [0, 0.1) is 11.8 Å². The van der Waals surface area contributed by atoms with Gasteiger partial charge >= 0.3 is 0 Å². The first-order valence-corrected chi connectivity index (χ1v) is 15.6. The molecule has 1 saturated carbocycles. The van der Waals surface area contributed by atoms with Crippen molar-refractivity contribution in [3.05, 3.63) is 60.7 Å². The third kappa shape index (κ3) is 5.61. The van der Waals surface area contributed by atoms with E-state index in [0.717, 1.165) is 77.5 Å². The number of piperidine rings is 1. The first-order valence-electron chi connectivity index (χ1n) is 14.0. The zero-order valence-corrected chi connectivity index (χ0v) is 23.2. The molecule has 206 valence electrons. The van der Waals surface area contributed by atoms with Gasteiger partial charge in [0, 0.05) is 59.7 Å². The predicted molar refractivity (Wildman–Crippen MR) is 153 cm³/mol. The minimum atomic E-state index is -3.31. The van der Waals surface area contributed by atoms with Gasteiger partial charge in [0.15, 0.2) is 0 Å². The van der Waals surface area contributed by atoms with Crippen molar-refractivity contribution < 1.29 is 17.9 Å². The third-order valence-electron chi connectivity index (χ3n) is 8.44. The molecular formula is C30H36N4O4S. The largest absolute Gasteiger partial charge is 0.497 e. The van der Waals surface area contributed by atoms with Crippen LogP contribution in [0.15, 0.2) is 55.0 Å². The van der Waals surface area contributed by atoms with E-state index in [1.54, 1.807) is 11.4 Å². The molecule has 0 amide bonds. The Morgan fingerprint density at radius 3 is 2.54 bits per heavy atom. The van der Waals surface area contributed by atoms with Crippen LogP contribution in [0.3, 0.4) is 0 Å². The summed E-state index contributed by atoms with van der Waals surface area (Å²) < 4.78 is 39.8. The maximum Gasteiger partial charge on any atom is 0.214 e. The molecule has 6 rings (SSSR count). The number of nitrogens with one attached hydrogen (secondary N) is 1. The molecule has 2 fully saturated rings. The molecular weight excluding hydrogens is 512 g/mol. The molecule has 39 heavy (non-hydrogen) atoms. The monoisotopic (exact) mass is 548 g/mol. The van der Waals surface area contributed by atoms with Crippen molar-refractivity contribution in [3.63, 3.8) is 0 Å². The van der Waals surface area contributed by atoms with E-state index in [1.807, 2.05) is 48.9 Å². The zero-order chi connectivity index (χ0) is 26.8. The standard InChI is InChI=1S/C30H36N4O4S/c1-37-24-8-10-25(11-9-24)38-19-22-3-2-16-34(18-22)39(35,36)20-21-4-6-23(7-5-21)29-26-12-14-31-17-28(26)27-13-15-32-30(27)33-29/h8-15,17,21-23H,2-7,16,18-20H2,1H3,(H,32,33). The molecule has 4 aromatic rings. The number of benzene rings is 1. The van der Waals surface area contributed by atoms with Crippen LogP contribution < -0.4 is 9.47 Å². The second-order valence-electron chi connectivity index (χ2n) is 11.0. The van der Waals surface area contributed by atoms with Crippen LogP contribution in [0.2, 0.25) is 0 Å². The topological polar surface area (TPSA) is 97.4 Å². The second-order valence-corrected chi connectivity index (χ2v) is 13.0. The lowest BCUT2D eigenvalue weighted by Crippen LogP contribution is -2.43. The summed E-state index contributed by atoms with van der Waals surface area (Å²) in [5.41, 5.74) is 2.00. The first kappa shape index (κ1) is 26.1. The van der Waals surface area contributed by atoms with E-state index >= 15 is 0 Å². The number of aromatic amines is 1. The molecule has 1 atom stereocenters. The molecule has 8 nitrogen and oxygen atoms in total. The lowest BCUT2D eigenvalue weighted by atomic mass is 9.80. The fraction of sp³-hybridized carbons (Fsp3) is 0.467. The number of sulfonamides is 1. The summed E-state index contributed by atoms with van der Waals surface area (Å²) in [6.45, 7) is 1.66. The molecule has 1 saturated heterocycles. The van der Waals surface area contributed by atoms with Crippen molar-refractivity contribution in [2.24, 2.45) is 11.8 Å². The number of H-pyrrole nitrogens is 1. The van der Waals surface area contributed by atoms with Crippen LogP contribution in [0.25, 0.3) is 21.8 Å². The van der Waals surface area contributed by atoms with E-state index in [1.165, 1.54) is 0 Å². The van der Waals surface area contributed by atoms with Gasteiger partial charge in [0.25, 0.3) is 0 Å². The van der Waals surface area contributed by atoms with Crippen LogP contribution in [-0.2, 0) is 10.0 Å². The summed E-state index contributed by atoms with van der Waals surface area (Å²) in [5.74, 6) is 2.51. The normalized spacial score (nSPS) is 22.7. The Morgan fingerprint density at radius 1 is 0.949 bits per heavy atom. The van der Waals surface area contributed by atoms with Gasteiger partial charge in [0.2, 0.25) is 10.0 Å². The summed E-state index contributed by atoms with van der Waals surface area (Å²) in [5, 5.41) is 3.37. The maximum atomic E-state index is 13.4. The zero-order valence-electron chi connectivity index (χ0n) is 22.4. The first-order chi connectivity index (χ1) is 19.0. The van der Waals surface area contributed by atoms with Crippen molar-refractivity contribution in [3.8, 4) is 11.5 Å². The Kier molecular flexibility index (Phi) is 7.44. The van der Waals surface area contributed by atoms with Crippen molar-refractivity contribution in [2.75, 3.05) is 32.6 Å². The van der Waals surface area contributed by atoms with Crippen molar-refractivity contribution >= 4 is 31.8 Å². The molecule has 1 N–H and O–H groups in total. The maximum absolute atomic E-state index is 13.4. The van der Waals surface area contributed by atoms with Crippen LogP contribution in [-0.4, -0.2) is 60.2 Å². The predicted octanol–water partition coefficient (Wildman–Crippen LogP) is 5.51. The van der Waals surface area contributed by atoms with Gasteiger partial charge in [-0.15, -0.1) is 0 Å². The van der Waals surface area contributed by atoms with E-state index in [9.17, 15) is 8.42 Å². The molecule has 9 heteroatoms. The molecule has 1 aliphatic carbocycles. The fourth-order valence-electron chi connectivity index (χ4n) is 6.30. The summed E-state index contributed by atoms with van der Waals surface area (Å²) in [6, 6.07) is 11.6. The van der Waals surface area contributed by atoms with Gasteiger partial charge in [0.1, 0.15) is 17.1 Å². The Labute approximate surface area is 229 Å². The van der Waals surface area contributed by atoms with Gasteiger partial charge in [-0.2, -0.15) is 0 Å². The number of pyridine rings is 2. The van der Waals surface area contributed by atoms with Crippen molar-refractivity contribution in [1.29, 1.82) is 0 Å². The number of hydrogen-bond donors (Lipinski definition) is 1. The Morgan fingerprint density at radius 2 is 1.74 bits per heavy atom. The number of ether oxygens (including phenoxy) is 2. The van der Waals surface area contributed by atoms with E-state index in [4.69, 9.17) is 14.5 Å². The average Bonchev–Trinajstić information content (AvgIpc) is 3.46. The second kappa shape index (κ2) is 11.1. The number of nitrogens with zero attached hydrogens (tertiary/aromatic N) is 3. The number of hydrogen-bond acceptors (Lipinski definition) is 6. The molecule has 4 heterocycles. The van der Waals surface area contributed by atoms with Gasteiger partial charge in [-0.1, -0.05) is 0 Å². The lowest BCUT2D eigenvalue weighted by Gasteiger charge is -2.34. The van der Waals surface area contributed by atoms with E-state index in [-0.39, 0.29) is 17.6 Å². The highest BCUT2D eigenvalue weighted by Crippen LogP contribution is 2.40. The minimum Gasteiger partial charge on any atom is -0.497 e. The van der Waals surface area contributed by atoms with Crippen molar-refractivity contribution in [1.82, 2.24) is 19.3 Å². The van der Waals surface area contributed by atoms with E-state index in [0.29, 0.717) is 25.6 Å². The molecule has 1 aliphatic heterocycles. The van der Waals surface area contributed by atoms with E-state index in [2.05, 4.69) is 16.0 Å². The van der Waals surface area contributed by atoms with Crippen molar-refractivity contribution in [2.45, 2.75) is 44.4 Å². The van der Waals surface area contributed by atoms with Gasteiger partial charge in [-0.3, -0.25) is 4.98 Å². The third-order valence-corrected chi connectivity index (χ3v) is 10.5. The van der Waals surface area contributed by atoms with Gasteiger partial charge in [-0.25, -0.2) is 17.7 Å². The molecule has 0 bridgehead atoms. The van der Waals surface area contributed by atoms with Crippen LogP contribution in [0.5, 0.6) is 11.5 Å². The minimum absolute atomic E-state index is 0.185. The van der Waals surface area contributed by atoms with Crippen LogP contribution >= 0.6 is 0 Å². The molecule has 2 aliphatic rings. The summed E-state index contributed by atoms with van der Waals surface area (Å²) in [7, 11) is -1.68. The summed E-state index contributed by atoms with van der Waals surface area (Å²) in [6.07, 6.45) is 11.2. The molecule has 0 spiro atoms. The average molecular weight is 549 g/mol. The lowest BCUT2D eigenvalue weighted by molar-refractivity contribution is 0.179. The number of fused-ring (bicyclic) bond motifs is 3. The Bertz CT molecular complexity index is 1530. The quantitative estimate of drug-likeness (QED) is 0.312. The Balaban J connectivity index is 1.05. The van der Waals surface area contributed by atoms with Gasteiger partial charge in [-0.05, 0) is 80.8 Å². The SMILES string of the molecule is COc1ccc(OCC2CCCN(S(=O)(=O)CC3CCC(c4nc5[nH]ccc5c5cnccc45)CC3)C2)cc1. The van der Waals surface area contributed by atoms with Gasteiger partial charge in [0.05, 0.1) is 25.2 Å². The highest BCUT2D eigenvalue weighted by atomic mass is 32.2. The molecule has 0 radical (unpaired) electrons.